The Morgan fingerprint density at radius 1 is 1.09 bits per heavy atom. The van der Waals surface area contributed by atoms with Gasteiger partial charge < -0.3 is 15.4 Å². The summed E-state index contributed by atoms with van der Waals surface area (Å²) >= 11 is 11.8. The largest absolute Gasteiger partial charge is 0.484 e. The predicted molar refractivity (Wildman–Crippen MR) is 117 cm³/mol. The molecule has 3 rings (SSSR count). The maximum absolute atomic E-state index is 12.6. The summed E-state index contributed by atoms with van der Waals surface area (Å²) in [6, 6.07) is 7.54. The van der Waals surface area contributed by atoms with Crippen LogP contribution in [-0.4, -0.2) is 29.4 Å². The highest BCUT2D eigenvalue weighted by Gasteiger charge is 2.27. The molecule has 0 bridgehead atoms. The van der Waals surface area contributed by atoms with Crippen LogP contribution in [-0.2, 0) is 16.1 Å². The van der Waals surface area contributed by atoms with Crippen molar-refractivity contribution in [3.63, 3.8) is 0 Å². The van der Waals surface area contributed by atoms with Crippen molar-refractivity contribution in [3.05, 3.63) is 57.8 Å². The molecule has 0 unspecified atom stereocenters. The van der Waals surface area contributed by atoms with E-state index < -0.39 is 6.43 Å². The van der Waals surface area contributed by atoms with E-state index in [1.54, 1.807) is 18.2 Å². The lowest BCUT2D eigenvalue weighted by molar-refractivity contribution is -0.126. The molecule has 6 nitrogen and oxygen atoms in total. The number of pyridine rings is 1. The highest BCUT2D eigenvalue weighted by atomic mass is 35.5. The number of hydrogen-bond acceptors (Lipinski definition) is 4. The van der Waals surface area contributed by atoms with Gasteiger partial charge in [-0.05, 0) is 49.9 Å². The lowest BCUT2D eigenvalue weighted by Gasteiger charge is -2.28. The van der Waals surface area contributed by atoms with E-state index in [1.807, 2.05) is 0 Å². The highest BCUT2D eigenvalue weighted by Crippen LogP contribution is 2.27. The second kappa shape index (κ2) is 11.4. The minimum absolute atomic E-state index is 0.0208. The third-order valence-electron chi connectivity index (χ3n) is 5.27. The molecule has 172 valence electrons. The van der Waals surface area contributed by atoms with E-state index in [2.05, 4.69) is 15.6 Å². The number of nitrogens with zero attached hydrogens (tertiary/aromatic N) is 1. The first-order valence-electron chi connectivity index (χ1n) is 10.2. The third kappa shape index (κ3) is 7.03. The van der Waals surface area contributed by atoms with Gasteiger partial charge in [0.15, 0.2) is 6.61 Å². The zero-order valence-corrected chi connectivity index (χ0v) is 18.6. The van der Waals surface area contributed by atoms with Gasteiger partial charge in [0.1, 0.15) is 5.75 Å². The van der Waals surface area contributed by atoms with Crippen LogP contribution < -0.4 is 15.4 Å². The molecule has 0 aliphatic heterocycles. The highest BCUT2D eigenvalue weighted by molar-refractivity contribution is 6.42. The van der Waals surface area contributed by atoms with Crippen molar-refractivity contribution >= 4 is 35.0 Å². The summed E-state index contributed by atoms with van der Waals surface area (Å²) in [5.74, 6) is -0.0519. The molecule has 1 aliphatic rings. The Morgan fingerprint density at radius 2 is 1.84 bits per heavy atom. The molecule has 32 heavy (non-hydrogen) atoms. The van der Waals surface area contributed by atoms with E-state index in [1.165, 1.54) is 12.1 Å². The summed E-state index contributed by atoms with van der Waals surface area (Å²) in [6.45, 7) is 0.0425. The van der Waals surface area contributed by atoms with Gasteiger partial charge in [-0.1, -0.05) is 23.2 Å². The fraction of sp³-hybridized carbons (Fsp3) is 0.409. The SMILES string of the molecule is O=C(COc1ccc(Cl)c(Cl)c1)NC1CCC(C(=O)NCc2ccc(C(F)F)cn2)CC1. The van der Waals surface area contributed by atoms with Crippen LogP contribution in [0.25, 0.3) is 0 Å². The van der Waals surface area contributed by atoms with Crippen LogP contribution in [0.1, 0.15) is 43.4 Å². The van der Waals surface area contributed by atoms with Crippen molar-refractivity contribution in [2.45, 2.75) is 44.7 Å². The van der Waals surface area contributed by atoms with Crippen LogP contribution in [0.3, 0.4) is 0 Å². The maximum Gasteiger partial charge on any atom is 0.265 e. The smallest absolute Gasteiger partial charge is 0.265 e. The van der Waals surface area contributed by atoms with Gasteiger partial charge in [0.05, 0.1) is 22.3 Å². The third-order valence-corrected chi connectivity index (χ3v) is 6.01. The minimum atomic E-state index is -2.57. The lowest BCUT2D eigenvalue weighted by atomic mass is 9.85. The van der Waals surface area contributed by atoms with Crippen molar-refractivity contribution in [3.8, 4) is 5.75 Å². The molecule has 0 atom stereocenters. The molecule has 1 fully saturated rings. The molecular weight excluding hydrogens is 463 g/mol. The first-order chi connectivity index (χ1) is 15.3. The number of aromatic nitrogens is 1. The Labute approximate surface area is 194 Å². The zero-order chi connectivity index (χ0) is 23.1. The lowest BCUT2D eigenvalue weighted by Crippen LogP contribution is -2.42. The molecule has 1 aromatic heterocycles. The van der Waals surface area contributed by atoms with Crippen molar-refractivity contribution in [1.82, 2.24) is 15.6 Å². The summed E-state index contributed by atoms with van der Waals surface area (Å²) in [5.41, 5.74) is 0.369. The van der Waals surface area contributed by atoms with Gasteiger partial charge in [0, 0.05) is 29.8 Å². The molecule has 1 aromatic carbocycles. The first kappa shape index (κ1) is 24.2. The fourth-order valence-corrected chi connectivity index (χ4v) is 3.76. The van der Waals surface area contributed by atoms with E-state index in [9.17, 15) is 18.4 Å². The molecule has 2 aromatic rings. The second-order valence-electron chi connectivity index (χ2n) is 7.58. The van der Waals surface area contributed by atoms with E-state index in [0.29, 0.717) is 47.2 Å². The van der Waals surface area contributed by atoms with E-state index in [-0.39, 0.29) is 42.5 Å². The van der Waals surface area contributed by atoms with Gasteiger partial charge in [0.2, 0.25) is 5.91 Å². The average molecular weight is 486 g/mol. The Hall–Kier alpha value is -2.45. The number of nitrogens with one attached hydrogen (secondary N) is 2. The summed E-state index contributed by atoms with van der Waals surface area (Å²) in [4.78, 5) is 28.5. The van der Waals surface area contributed by atoms with Crippen molar-refractivity contribution in [1.29, 1.82) is 0 Å². The van der Waals surface area contributed by atoms with Crippen molar-refractivity contribution < 1.29 is 23.1 Å². The van der Waals surface area contributed by atoms with Crippen molar-refractivity contribution in [2.24, 2.45) is 5.92 Å². The second-order valence-corrected chi connectivity index (χ2v) is 8.40. The van der Waals surface area contributed by atoms with Crippen LogP contribution in [0, 0.1) is 5.92 Å². The predicted octanol–water partition coefficient (Wildman–Crippen LogP) is 4.70. The Morgan fingerprint density at radius 3 is 2.47 bits per heavy atom. The van der Waals surface area contributed by atoms with E-state index >= 15 is 0 Å². The zero-order valence-electron chi connectivity index (χ0n) is 17.1. The number of ether oxygens (including phenoxy) is 1. The molecule has 0 saturated heterocycles. The minimum Gasteiger partial charge on any atom is -0.484 e. The van der Waals surface area contributed by atoms with Gasteiger partial charge in [-0.2, -0.15) is 0 Å². The van der Waals surface area contributed by atoms with Crippen LogP contribution in [0.15, 0.2) is 36.5 Å². The molecule has 1 aliphatic carbocycles. The summed E-state index contributed by atoms with van der Waals surface area (Å²) in [7, 11) is 0. The Balaban J connectivity index is 1.36. The molecule has 2 amide bonds. The summed E-state index contributed by atoms with van der Waals surface area (Å²) < 4.78 is 30.6. The van der Waals surface area contributed by atoms with Gasteiger partial charge in [-0.3, -0.25) is 14.6 Å². The first-order valence-corrected chi connectivity index (χ1v) is 11.0. The molecule has 0 radical (unpaired) electrons. The number of amides is 2. The number of carbonyl (C=O) groups excluding carboxylic acids is 2. The molecule has 0 spiro atoms. The number of halogens is 4. The van der Waals surface area contributed by atoms with Crippen LogP contribution >= 0.6 is 23.2 Å². The number of carbonyl (C=O) groups is 2. The number of hydrogen-bond donors (Lipinski definition) is 2. The molecular formula is C22H23Cl2F2N3O3. The monoisotopic (exact) mass is 485 g/mol. The number of benzene rings is 1. The van der Waals surface area contributed by atoms with Crippen LogP contribution in [0.5, 0.6) is 5.75 Å². The van der Waals surface area contributed by atoms with Gasteiger partial charge >= 0.3 is 0 Å². The van der Waals surface area contributed by atoms with Crippen LogP contribution in [0.2, 0.25) is 10.0 Å². The van der Waals surface area contributed by atoms with Gasteiger partial charge in [0.25, 0.3) is 12.3 Å². The fourth-order valence-electron chi connectivity index (χ4n) is 3.48. The van der Waals surface area contributed by atoms with E-state index in [4.69, 9.17) is 27.9 Å². The normalized spacial score (nSPS) is 18.3. The quantitative estimate of drug-likeness (QED) is 0.567. The molecule has 10 heteroatoms. The number of rotatable bonds is 8. The standard InChI is InChI=1S/C22H23Cl2F2N3O3/c23-18-8-7-17(9-19(18)24)32-12-20(30)29-15-4-1-13(2-5-15)22(31)28-11-16-6-3-14(10-27-16)21(25)26/h3,6-10,13,15,21H,1-2,4-5,11-12H2,(H,28,31)(H,29,30). The van der Waals surface area contributed by atoms with Gasteiger partial charge in [-0.25, -0.2) is 8.78 Å². The van der Waals surface area contributed by atoms with Gasteiger partial charge in [-0.15, -0.1) is 0 Å². The number of alkyl halides is 2. The Bertz CT molecular complexity index is 937. The summed E-state index contributed by atoms with van der Waals surface area (Å²) in [6.07, 6.45) is 1.19. The van der Waals surface area contributed by atoms with Crippen molar-refractivity contribution in [2.75, 3.05) is 6.61 Å². The van der Waals surface area contributed by atoms with E-state index in [0.717, 1.165) is 6.20 Å². The molecule has 1 saturated carbocycles. The maximum atomic E-state index is 12.6. The molecule has 1 heterocycles. The Kier molecular flexibility index (Phi) is 8.64. The molecule has 2 N–H and O–H groups in total. The average Bonchev–Trinajstić information content (AvgIpc) is 2.79. The van der Waals surface area contributed by atoms with Crippen LogP contribution in [0.4, 0.5) is 8.78 Å². The summed E-state index contributed by atoms with van der Waals surface area (Å²) in [5, 5.41) is 6.48. The topological polar surface area (TPSA) is 80.3 Å².